The predicted molar refractivity (Wildman–Crippen MR) is 63.6 cm³/mol. The Hall–Kier alpha value is -1.39. The largest absolute Gasteiger partial charge is 0.480 e. The number of carbonyl (C=O) groups is 3. The number of hydrogen-bond acceptors (Lipinski definition) is 3. The molecule has 0 radical (unpaired) electrons. The number of carboxylic acids is 1. The molecule has 1 saturated carbocycles. The van der Waals surface area contributed by atoms with E-state index in [9.17, 15) is 19.5 Å². The van der Waals surface area contributed by atoms with Gasteiger partial charge in [0.15, 0.2) is 0 Å². The van der Waals surface area contributed by atoms with E-state index in [0.717, 1.165) is 30.6 Å². The summed E-state index contributed by atoms with van der Waals surface area (Å²) in [6.45, 7) is 3.45. The normalized spacial score (nSPS) is 29.6. The van der Waals surface area contributed by atoms with Gasteiger partial charge in [0.2, 0.25) is 11.8 Å². The first-order valence-corrected chi connectivity index (χ1v) is 6.55. The summed E-state index contributed by atoms with van der Waals surface area (Å²) in [6, 6.07) is -1.02. The summed E-state index contributed by atoms with van der Waals surface area (Å²) < 4.78 is 0. The van der Waals surface area contributed by atoms with Gasteiger partial charge in [0.25, 0.3) is 0 Å². The minimum atomic E-state index is -1.09. The van der Waals surface area contributed by atoms with Gasteiger partial charge in [-0.05, 0) is 18.8 Å². The van der Waals surface area contributed by atoms with Gasteiger partial charge in [-0.2, -0.15) is 0 Å². The van der Waals surface area contributed by atoms with Crippen LogP contribution in [0.2, 0.25) is 0 Å². The highest BCUT2D eigenvalue weighted by Crippen LogP contribution is 2.39. The monoisotopic (exact) mass is 253 g/mol. The quantitative estimate of drug-likeness (QED) is 0.769. The van der Waals surface area contributed by atoms with E-state index in [1.807, 2.05) is 0 Å². The molecular formula is C13H19NO4. The molecule has 2 fully saturated rings. The maximum absolute atomic E-state index is 12.2. The van der Waals surface area contributed by atoms with Gasteiger partial charge in [0.05, 0.1) is 11.8 Å². The molecule has 0 aromatic carbocycles. The lowest BCUT2D eigenvalue weighted by Crippen LogP contribution is -2.48. The third kappa shape index (κ3) is 1.91. The van der Waals surface area contributed by atoms with Crippen LogP contribution >= 0.6 is 0 Å². The molecule has 100 valence electrons. The first-order chi connectivity index (χ1) is 8.45. The van der Waals surface area contributed by atoms with Crippen molar-refractivity contribution in [3.63, 3.8) is 0 Å². The van der Waals surface area contributed by atoms with Crippen LogP contribution in [0.4, 0.5) is 0 Å². The van der Waals surface area contributed by atoms with Crippen molar-refractivity contribution < 1.29 is 19.5 Å². The Morgan fingerprint density at radius 2 is 1.61 bits per heavy atom. The fraction of sp³-hybridized carbons (Fsp3) is 0.769. The first-order valence-electron chi connectivity index (χ1n) is 6.55. The lowest BCUT2D eigenvalue weighted by Gasteiger charge is -2.26. The van der Waals surface area contributed by atoms with Crippen molar-refractivity contribution in [3.8, 4) is 0 Å². The molecule has 0 spiro atoms. The molecule has 2 amide bonds. The van der Waals surface area contributed by atoms with Crippen LogP contribution < -0.4 is 0 Å². The summed E-state index contributed by atoms with van der Waals surface area (Å²) in [7, 11) is 0. The zero-order valence-electron chi connectivity index (χ0n) is 10.8. The molecule has 5 heteroatoms. The molecular weight excluding hydrogens is 234 g/mol. The second kappa shape index (κ2) is 4.71. The molecule has 0 bridgehead atoms. The predicted octanol–water partition coefficient (Wildman–Crippen LogP) is 1.27. The van der Waals surface area contributed by atoms with Gasteiger partial charge >= 0.3 is 5.97 Å². The van der Waals surface area contributed by atoms with Crippen LogP contribution in [0.1, 0.15) is 39.5 Å². The van der Waals surface area contributed by atoms with Crippen molar-refractivity contribution in [2.45, 2.75) is 45.6 Å². The Morgan fingerprint density at radius 3 is 1.94 bits per heavy atom. The molecule has 1 aliphatic carbocycles. The van der Waals surface area contributed by atoms with Crippen molar-refractivity contribution in [1.82, 2.24) is 4.90 Å². The third-order valence-electron chi connectivity index (χ3n) is 4.04. The van der Waals surface area contributed by atoms with E-state index in [-0.39, 0.29) is 29.6 Å². The zero-order chi connectivity index (χ0) is 13.4. The minimum absolute atomic E-state index is 0.268. The molecule has 1 heterocycles. The van der Waals surface area contributed by atoms with E-state index in [1.54, 1.807) is 13.8 Å². The second-order valence-corrected chi connectivity index (χ2v) is 5.57. The molecule has 2 aliphatic rings. The molecule has 0 aromatic heterocycles. The maximum atomic E-state index is 12.2. The van der Waals surface area contributed by atoms with Crippen LogP contribution in [0.3, 0.4) is 0 Å². The summed E-state index contributed by atoms with van der Waals surface area (Å²) in [6.07, 6.45) is 3.34. The molecule has 18 heavy (non-hydrogen) atoms. The fourth-order valence-electron chi connectivity index (χ4n) is 3.16. The highest BCUT2D eigenvalue weighted by molar-refractivity contribution is 6.07. The summed E-state index contributed by atoms with van der Waals surface area (Å²) in [5.74, 6) is -2.45. The molecule has 0 aromatic rings. The smallest absolute Gasteiger partial charge is 0.327 e. The average molecular weight is 253 g/mol. The topological polar surface area (TPSA) is 74.7 Å². The third-order valence-corrected chi connectivity index (χ3v) is 4.04. The van der Waals surface area contributed by atoms with E-state index >= 15 is 0 Å². The van der Waals surface area contributed by atoms with Crippen LogP contribution in [0, 0.1) is 17.8 Å². The maximum Gasteiger partial charge on any atom is 0.327 e. The number of carbonyl (C=O) groups excluding carboxylic acids is 2. The van der Waals surface area contributed by atoms with Crippen LogP contribution in [-0.2, 0) is 14.4 Å². The Labute approximate surface area is 106 Å². The van der Waals surface area contributed by atoms with Crippen molar-refractivity contribution in [2.75, 3.05) is 0 Å². The minimum Gasteiger partial charge on any atom is -0.480 e. The number of imide groups is 1. The Bertz CT molecular complexity index is 366. The fourth-order valence-corrected chi connectivity index (χ4v) is 3.16. The molecule has 0 unspecified atom stereocenters. The van der Waals surface area contributed by atoms with Crippen LogP contribution in [0.25, 0.3) is 0 Å². The zero-order valence-corrected chi connectivity index (χ0v) is 10.8. The summed E-state index contributed by atoms with van der Waals surface area (Å²) in [5, 5.41) is 9.23. The van der Waals surface area contributed by atoms with Crippen LogP contribution in [-0.4, -0.2) is 33.8 Å². The Kier molecular flexibility index (Phi) is 3.41. The van der Waals surface area contributed by atoms with Gasteiger partial charge in [0, 0.05) is 0 Å². The molecule has 1 N–H and O–H groups in total. The number of aliphatic carboxylic acids is 1. The number of fused-ring (bicyclic) bond motifs is 1. The number of amides is 2. The lowest BCUT2D eigenvalue weighted by atomic mass is 9.81. The number of carboxylic acid groups (broad SMARTS) is 1. The van der Waals surface area contributed by atoms with Gasteiger partial charge in [-0.15, -0.1) is 0 Å². The Morgan fingerprint density at radius 1 is 1.17 bits per heavy atom. The summed E-state index contributed by atoms with van der Waals surface area (Å²) >= 11 is 0. The van der Waals surface area contributed by atoms with Gasteiger partial charge in [-0.25, -0.2) is 4.79 Å². The number of likely N-dealkylation sites (tertiary alicyclic amines) is 1. The van der Waals surface area contributed by atoms with Gasteiger partial charge in [0.1, 0.15) is 6.04 Å². The molecule has 5 nitrogen and oxygen atoms in total. The highest BCUT2D eigenvalue weighted by atomic mass is 16.4. The van der Waals surface area contributed by atoms with Crippen LogP contribution in [0.15, 0.2) is 0 Å². The molecule has 1 aliphatic heterocycles. The van der Waals surface area contributed by atoms with Gasteiger partial charge < -0.3 is 5.11 Å². The van der Waals surface area contributed by atoms with E-state index in [0.29, 0.717) is 0 Å². The SMILES string of the molecule is CC(C)[C@H](C(=O)O)N1C(=O)[C@H]2CCCC[C@H]2C1=O. The van der Waals surface area contributed by atoms with Crippen LogP contribution in [0.5, 0.6) is 0 Å². The van der Waals surface area contributed by atoms with Crippen molar-refractivity contribution >= 4 is 17.8 Å². The molecule has 1 saturated heterocycles. The van der Waals surface area contributed by atoms with Crippen molar-refractivity contribution in [3.05, 3.63) is 0 Å². The summed E-state index contributed by atoms with van der Waals surface area (Å²) in [5.41, 5.74) is 0. The average Bonchev–Trinajstić information content (AvgIpc) is 2.55. The van der Waals surface area contributed by atoms with E-state index < -0.39 is 12.0 Å². The van der Waals surface area contributed by atoms with Crippen molar-refractivity contribution in [1.29, 1.82) is 0 Å². The number of hydrogen-bond donors (Lipinski definition) is 1. The number of nitrogens with zero attached hydrogens (tertiary/aromatic N) is 1. The molecule has 2 rings (SSSR count). The number of rotatable bonds is 3. The van der Waals surface area contributed by atoms with Gasteiger partial charge in [-0.3, -0.25) is 14.5 Å². The lowest BCUT2D eigenvalue weighted by molar-refractivity contribution is -0.157. The highest BCUT2D eigenvalue weighted by Gasteiger charge is 2.52. The summed E-state index contributed by atoms with van der Waals surface area (Å²) in [4.78, 5) is 36.8. The molecule has 3 atom stereocenters. The van der Waals surface area contributed by atoms with Crippen molar-refractivity contribution in [2.24, 2.45) is 17.8 Å². The van der Waals surface area contributed by atoms with E-state index in [1.165, 1.54) is 0 Å². The Balaban J connectivity index is 2.30. The van der Waals surface area contributed by atoms with E-state index in [4.69, 9.17) is 0 Å². The van der Waals surface area contributed by atoms with Gasteiger partial charge in [-0.1, -0.05) is 26.7 Å². The second-order valence-electron chi connectivity index (χ2n) is 5.57. The standard InChI is InChI=1S/C13H19NO4/c1-7(2)10(13(17)18)14-11(15)8-5-3-4-6-9(8)12(14)16/h7-10H,3-6H2,1-2H3,(H,17,18)/t8-,9+,10-/m1/s1. The first kappa shape index (κ1) is 13.1. The van der Waals surface area contributed by atoms with E-state index in [2.05, 4.69) is 0 Å².